The van der Waals surface area contributed by atoms with E-state index in [4.69, 9.17) is 9.47 Å². The molecule has 1 aromatic rings. The van der Waals surface area contributed by atoms with Gasteiger partial charge in [0.05, 0.1) is 54.8 Å². The average Bonchev–Trinajstić information content (AvgIpc) is 3.62. The van der Waals surface area contributed by atoms with Crippen LogP contribution in [0.25, 0.3) is 0 Å². The van der Waals surface area contributed by atoms with E-state index in [0.29, 0.717) is 18.5 Å². The van der Waals surface area contributed by atoms with Crippen molar-refractivity contribution in [2.45, 2.75) is 157 Å². The minimum atomic E-state index is -0.874. The second kappa shape index (κ2) is 21.6. The second-order valence-corrected chi connectivity index (χ2v) is 17.8. The highest BCUT2D eigenvalue weighted by atomic mass is 16.5. The largest absolute Gasteiger partial charge is 0.386 e. The summed E-state index contributed by atoms with van der Waals surface area (Å²) < 4.78 is 12.0. The molecule has 1 aliphatic heterocycles. The van der Waals surface area contributed by atoms with Gasteiger partial charge in [-0.05, 0) is 76.8 Å². The smallest absolute Gasteiger partial charge is 0.238 e. The number of nitrogens with one attached hydrogen (secondary N) is 2. The van der Waals surface area contributed by atoms with Crippen molar-refractivity contribution in [3.8, 4) is 0 Å². The molecular formula is C44H76N4O7. The van der Waals surface area contributed by atoms with Crippen LogP contribution in [-0.4, -0.2) is 108 Å². The molecule has 2 rings (SSSR count). The van der Waals surface area contributed by atoms with Crippen LogP contribution in [0.15, 0.2) is 30.3 Å². The average molecular weight is 773 g/mol. The predicted octanol–water partition coefficient (Wildman–Crippen LogP) is 6.04. The molecule has 0 radical (unpaired) electrons. The Kier molecular flexibility index (Phi) is 19.0. The van der Waals surface area contributed by atoms with Crippen LogP contribution in [0, 0.1) is 35.5 Å². The predicted molar refractivity (Wildman–Crippen MR) is 219 cm³/mol. The number of nitrogens with zero attached hydrogens (tertiary/aromatic N) is 2. The van der Waals surface area contributed by atoms with Crippen molar-refractivity contribution in [2.75, 3.05) is 27.8 Å². The van der Waals surface area contributed by atoms with Gasteiger partial charge in [-0.15, -0.1) is 0 Å². The second-order valence-electron chi connectivity index (χ2n) is 17.8. The highest BCUT2D eigenvalue weighted by Crippen LogP contribution is 2.35. The number of likely N-dealkylation sites (N-methyl/N-ethyl adjacent to an activating group) is 1. The number of aliphatic hydroxyl groups excluding tert-OH is 1. The van der Waals surface area contributed by atoms with Crippen LogP contribution in [0.2, 0.25) is 0 Å². The third kappa shape index (κ3) is 12.6. The summed E-state index contributed by atoms with van der Waals surface area (Å²) >= 11 is 0. The van der Waals surface area contributed by atoms with Crippen molar-refractivity contribution in [3.63, 3.8) is 0 Å². The molecule has 3 N–H and O–H groups in total. The number of amides is 3. The van der Waals surface area contributed by atoms with E-state index in [1.54, 1.807) is 28.1 Å². The summed E-state index contributed by atoms with van der Waals surface area (Å²) in [4.78, 5) is 60.0. The van der Waals surface area contributed by atoms with Gasteiger partial charge in [0.15, 0.2) is 5.78 Å². The van der Waals surface area contributed by atoms with E-state index >= 15 is 0 Å². The van der Waals surface area contributed by atoms with E-state index in [2.05, 4.69) is 50.2 Å². The first-order chi connectivity index (χ1) is 25.6. The van der Waals surface area contributed by atoms with Gasteiger partial charge in [0.1, 0.15) is 0 Å². The maximum atomic E-state index is 14.5. The third-order valence-corrected chi connectivity index (χ3v) is 12.2. The van der Waals surface area contributed by atoms with Crippen LogP contribution < -0.4 is 10.6 Å². The Balaban J connectivity index is 2.28. The lowest BCUT2D eigenvalue weighted by Crippen LogP contribution is -2.59. The van der Waals surface area contributed by atoms with Crippen LogP contribution in [0.1, 0.15) is 120 Å². The SMILES string of the molecule is CC[C@H](C)[C@H](C(C)C(=O)[C@@H](NC(=O)[C@H](C(C)C)N(C)C(C)(C)C)C(C)C)[C@@H](CC(=O)N1CCC[C@H]1[C@H](OC)[C@@H](C)C(=O)N[C@H](C)[C@@H](O)c1ccccc1)OC. The zero-order chi connectivity index (χ0) is 41.9. The molecule has 1 fully saturated rings. The fraction of sp³-hybridized carbons (Fsp3) is 0.773. The molecule has 314 valence electrons. The number of aliphatic hydroxyl groups is 1. The molecule has 0 spiro atoms. The molecule has 11 heteroatoms. The minimum absolute atomic E-state index is 0.0295. The fourth-order valence-corrected chi connectivity index (χ4v) is 8.40. The van der Waals surface area contributed by atoms with Crippen LogP contribution >= 0.6 is 0 Å². The molecule has 55 heavy (non-hydrogen) atoms. The number of hydrogen-bond donors (Lipinski definition) is 3. The van der Waals surface area contributed by atoms with Gasteiger partial charge in [0.2, 0.25) is 17.7 Å². The van der Waals surface area contributed by atoms with Crippen molar-refractivity contribution in [3.05, 3.63) is 35.9 Å². The molecule has 1 heterocycles. The lowest BCUT2D eigenvalue weighted by Gasteiger charge is -2.41. The Labute approximate surface area is 333 Å². The van der Waals surface area contributed by atoms with Crippen molar-refractivity contribution < 1.29 is 33.8 Å². The standard InChI is InChI=1S/C44H76N4O7/c1-16-28(6)36(29(7)39(50)37(26(2)3)46-43(53)38(27(4)5)47(13)44(10,11)12)34(54-14)25-35(49)48-24-20-23-33(48)41(55-15)30(8)42(52)45-31(9)40(51)32-21-18-17-19-22-32/h17-19,21-22,26-31,33-34,36-38,40-41,51H,16,20,23-25H2,1-15H3,(H,45,52)(H,46,53)/t28-,29?,30+,31+,33-,34+,36+,37-,38-,40+,41+/m0/s1. The van der Waals surface area contributed by atoms with E-state index in [9.17, 15) is 24.3 Å². The number of ketones is 1. The van der Waals surface area contributed by atoms with Gasteiger partial charge >= 0.3 is 0 Å². The number of Topliss-reactive ketones (excluding diaryl/α,β-unsaturated/α-hetero) is 1. The number of rotatable bonds is 21. The Morgan fingerprint density at radius 3 is 1.98 bits per heavy atom. The lowest BCUT2D eigenvalue weighted by molar-refractivity contribution is -0.145. The first-order valence-electron chi connectivity index (χ1n) is 20.6. The number of ether oxygens (including phenoxy) is 2. The van der Waals surface area contributed by atoms with Crippen molar-refractivity contribution in [1.29, 1.82) is 0 Å². The van der Waals surface area contributed by atoms with Gasteiger partial charge < -0.3 is 30.1 Å². The molecule has 1 unspecified atom stereocenters. The number of benzene rings is 1. The third-order valence-electron chi connectivity index (χ3n) is 12.2. The Morgan fingerprint density at radius 2 is 1.49 bits per heavy atom. The number of hydrogen-bond acceptors (Lipinski definition) is 8. The molecule has 0 aromatic heterocycles. The Bertz CT molecular complexity index is 1370. The van der Waals surface area contributed by atoms with Gasteiger partial charge in [-0.2, -0.15) is 0 Å². The summed E-state index contributed by atoms with van der Waals surface area (Å²) in [7, 11) is 5.11. The molecule has 3 amide bonds. The molecule has 1 saturated heterocycles. The van der Waals surface area contributed by atoms with E-state index < -0.39 is 48.3 Å². The van der Waals surface area contributed by atoms with Gasteiger partial charge in [-0.1, -0.05) is 92.1 Å². The summed E-state index contributed by atoms with van der Waals surface area (Å²) in [6.45, 7) is 24.3. The molecule has 1 aliphatic rings. The normalized spacial score (nSPS) is 20.6. The molecule has 11 atom stereocenters. The van der Waals surface area contributed by atoms with E-state index in [-0.39, 0.29) is 65.2 Å². The first-order valence-corrected chi connectivity index (χ1v) is 20.6. The molecular weight excluding hydrogens is 697 g/mol. The Hall–Kier alpha value is -2.86. The number of methoxy groups -OCH3 is 2. The summed E-state index contributed by atoms with van der Waals surface area (Å²) in [5, 5.41) is 17.0. The maximum absolute atomic E-state index is 14.5. The first kappa shape index (κ1) is 48.3. The minimum Gasteiger partial charge on any atom is -0.386 e. The zero-order valence-electron chi connectivity index (χ0n) is 36.7. The summed E-state index contributed by atoms with van der Waals surface area (Å²) in [6, 6.07) is 7.23. The van der Waals surface area contributed by atoms with Crippen LogP contribution in [0.5, 0.6) is 0 Å². The van der Waals surface area contributed by atoms with Crippen LogP contribution in [0.3, 0.4) is 0 Å². The Morgan fingerprint density at radius 1 is 0.891 bits per heavy atom. The topological polar surface area (TPSA) is 138 Å². The maximum Gasteiger partial charge on any atom is 0.238 e. The molecule has 11 nitrogen and oxygen atoms in total. The van der Waals surface area contributed by atoms with Crippen LogP contribution in [-0.2, 0) is 28.7 Å². The quantitative estimate of drug-likeness (QED) is 0.138. The molecule has 0 bridgehead atoms. The van der Waals surface area contributed by atoms with Crippen molar-refractivity contribution in [1.82, 2.24) is 20.4 Å². The number of carbonyl (C=O) groups excluding carboxylic acids is 4. The molecule has 0 saturated carbocycles. The van der Waals surface area contributed by atoms with Gasteiger partial charge in [-0.3, -0.25) is 24.1 Å². The van der Waals surface area contributed by atoms with Crippen molar-refractivity contribution >= 4 is 23.5 Å². The van der Waals surface area contributed by atoms with Gasteiger partial charge in [0, 0.05) is 32.2 Å². The number of likely N-dealkylation sites (tertiary alicyclic amines) is 1. The summed E-state index contributed by atoms with van der Waals surface area (Å²) in [5.74, 6) is -2.05. The summed E-state index contributed by atoms with van der Waals surface area (Å²) in [5.41, 5.74) is 0.468. The van der Waals surface area contributed by atoms with E-state index in [1.807, 2.05) is 76.9 Å². The zero-order valence-corrected chi connectivity index (χ0v) is 36.7. The highest BCUT2D eigenvalue weighted by molar-refractivity contribution is 5.92. The summed E-state index contributed by atoms with van der Waals surface area (Å²) in [6.07, 6.45) is 0.311. The monoisotopic (exact) mass is 773 g/mol. The van der Waals surface area contributed by atoms with E-state index in [1.165, 1.54) is 0 Å². The fourth-order valence-electron chi connectivity index (χ4n) is 8.40. The number of carbonyl (C=O) groups is 4. The molecule has 1 aromatic carbocycles. The van der Waals surface area contributed by atoms with E-state index in [0.717, 1.165) is 12.8 Å². The van der Waals surface area contributed by atoms with Gasteiger partial charge in [0.25, 0.3) is 0 Å². The molecule has 0 aliphatic carbocycles. The highest BCUT2D eigenvalue weighted by Gasteiger charge is 2.44. The van der Waals surface area contributed by atoms with Crippen molar-refractivity contribution in [2.24, 2.45) is 35.5 Å². The van der Waals surface area contributed by atoms with Crippen LogP contribution in [0.4, 0.5) is 0 Å². The lowest BCUT2D eigenvalue weighted by atomic mass is 9.73. The van der Waals surface area contributed by atoms with Gasteiger partial charge in [-0.25, -0.2) is 0 Å².